The predicted octanol–water partition coefficient (Wildman–Crippen LogP) is 3.16. The van der Waals surface area contributed by atoms with Crippen LogP contribution in [-0.2, 0) is 0 Å². The number of hydrogen-bond donors (Lipinski definition) is 1. The van der Waals surface area contributed by atoms with E-state index in [1.54, 1.807) is 0 Å². The highest BCUT2D eigenvalue weighted by Crippen LogP contribution is 2.24. The number of rotatable bonds is 3. The summed E-state index contributed by atoms with van der Waals surface area (Å²) in [6, 6.07) is 8.25. The molecule has 1 aromatic heterocycles. The van der Waals surface area contributed by atoms with Gasteiger partial charge in [0.2, 0.25) is 0 Å². The third kappa shape index (κ3) is 2.97. The van der Waals surface area contributed by atoms with Crippen LogP contribution in [0.15, 0.2) is 24.3 Å². The molecule has 5 heteroatoms. The van der Waals surface area contributed by atoms with E-state index >= 15 is 0 Å². The van der Waals surface area contributed by atoms with Gasteiger partial charge in [0.1, 0.15) is 5.82 Å². The van der Waals surface area contributed by atoms with Crippen molar-refractivity contribution >= 4 is 34.1 Å². The molecule has 19 heavy (non-hydrogen) atoms. The fraction of sp³-hybridized carbons (Fsp3) is 0.286. The van der Waals surface area contributed by atoms with Crippen LogP contribution in [0.25, 0.3) is 11.4 Å². The molecule has 1 aromatic carbocycles. The Kier molecular flexibility index (Phi) is 4.24. The summed E-state index contributed by atoms with van der Waals surface area (Å²) in [5.74, 6) is 1.63. The van der Waals surface area contributed by atoms with Crippen molar-refractivity contribution in [2.24, 2.45) is 0 Å². The van der Waals surface area contributed by atoms with Crippen molar-refractivity contribution < 1.29 is 0 Å². The molecule has 0 aliphatic rings. The van der Waals surface area contributed by atoms with Crippen molar-refractivity contribution in [3.8, 4) is 11.4 Å². The maximum Gasteiger partial charge on any atom is 0.161 e. The van der Waals surface area contributed by atoms with Gasteiger partial charge in [-0.3, -0.25) is 0 Å². The van der Waals surface area contributed by atoms with Crippen LogP contribution in [0.3, 0.4) is 0 Å². The summed E-state index contributed by atoms with van der Waals surface area (Å²) in [7, 11) is 5.93. The molecule has 0 amide bonds. The minimum absolute atomic E-state index is 0.757. The molecular weight excluding hydrogens is 351 g/mol. The van der Waals surface area contributed by atoms with E-state index in [4.69, 9.17) is 0 Å². The molecular formula is C14H17IN4. The molecule has 0 aliphatic heterocycles. The third-order valence-electron chi connectivity index (χ3n) is 2.90. The van der Waals surface area contributed by atoms with Crippen LogP contribution in [-0.4, -0.2) is 31.1 Å². The van der Waals surface area contributed by atoms with E-state index in [0.717, 1.165) is 26.5 Å². The van der Waals surface area contributed by atoms with Gasteiger partial charge in [-0.2, -0.15) is 0 Å². The molecule has 0 fully saturated rings. The van der Waals surface area contributed by atoms with Gasteiger partial charge < -0.3 is 10.2 Å². The second-order valence-electron chi connectivity index (χ2n) is 4.49. The van der Waals surface area contributed by atoms with E-state index in [0.29, 0.717) is 0 Å². The maximum atomic E-state index is 4.55. The normalized spacial score (nSPS) is 10.4. The maximum absolute atomic E-state index is 4.55. The molecule has 0 bridgehead atoms. The van der Waals surface area contributed by atoms with E-state index in [1.807, 2.05) is 28.1 Å². The summed E-state index contributed by atoms with van der Waals surface area (Å²) in [5, 5.41) is 3.11. The van der Waals surface area contributed by atoms with Gasteiger partial charge in [0.05, 0.1) is 9.26 Å². The van der Waals surface area contributed by atoms with Gasteiger partial charge in [-0.1, -0.05) is 0 Å². The van der Waals surface area contributed by atoms with Gasteiger partial charge in [0, 0.05) is 32.4 Å². The summed E-state index contributed by atoms with van der Waals surface area (Å²) in [4.78, 5) is 11.2. The molecule has 4 nitrogen and oxygen atoms in total. The van der Waals surface area contributed by atoms with E-state index in [9.17, 15) is 0 Å². The first-order chi connectivity index (χ1) is 9.02. The van der Waals surface area contributed by atoms with Crippen LogP contribution >= 0.6 is 22.6 Å². The van der Waals surface area contributed by atoms with Crippen LogP contribution in [0.4, 0.5) is 11.5 Å². The Morgan fingerprint density at radius 1 is 1.11 bits per heavy atom. The summed E-state index contributed by atoms with van der Waals surface area (Å²) in [5.41, 5.74) is 3.19. The van der Waals surface area contributed by atoms with Crippen molar-refractivity contribution in [2.45, 2.75) is 6.92 Å². The molecule has 0 saturated heterocycles. The summed E-state index contributed by atoms with van der Waals surface area (Å²) < 4.78 is 1.06. The molecule has 100 valence electrons. The average molecular weight is 368 g/mol. The Morgan fingerprint density at radius 3 is 2.26 bits per heavy atom. The molecule has 0 spiro atoms. The number of anilines is 2. The lowest BCUT2D eigenvalue weighted by atomic mass is 10.2. The molecule has 0 aliphatic carbocycles. The highest BCUT2D eigenvalue weighted by Gasteiger charge is 2.09. The van der Waals surface area contributed by atoms with Gasteiger partial charge in [0.15, 0.2) is 5.82 Å². The summed E-state index contributed by atoms with van der Waals surface area (Å²) >= 11 is 2.26. The number of hydrogen-bond acceptors (Lipinski definition) is 4. The van der Waals surface area contributed by atoms with Crippen molar-refractivity contribution in [3.05, 3.63) is 33.5 Å². The van der Waals surface area contributed by atoms with Gasteiger partial charge in [-0.15, -0.1) is 0 Å². The van der Waals surface area contributed by atoms with Crippen molar-refractivity contribution in [3.63, 3.8) is 0 Å². The number of aromatic nitrogens is 2. The fourth-order valence-electron chi connectivity index (χ4n) is 1.76. The van der Waals surface area contributed by atoms with Crippen LogP contribution in [0.2, 0.25) is 0 Å². The molecule has 0 saturated carbocycles. The summed E-state index contributed by atoms with van der Waals surface area (Å²) in [6.07, 6.45) is 0. The standard InChI is InChI=1S/C14H17IN4/c1-9-12(15)14(16-2)18-13(17-9)10-5-7-11(8-6-10)19(3)4/h5-8H,1-4H3,(H,16,17,18). The lowest BCUT2D eigenvalue weighted by molar-refractivity contribution is 1.09. The fourth-order valence-corrected chi connectivity index (χ4v) is 2.27. The number of halogens is 1. The Hall–Kier alpha value is -1.37. The highest BCUT2D eigenvalue weighted by atomic mass is 127. The van der Waals surface area contributed by atoms with Crippen LogP contribution in [0, 0.1) is 10.5 Å². The first kappa shape index (κ1) is 14.0. The van der Waals surface area contributed by atoms with Crippen LogP contribution < -0.4 is 10.2 Å². The zero-order valence-corrected chi connectivity index (χ0v) is 13.7. The van der Waals surface area contributed by atoms with Crippen molar-refractivity contribution in [2.75, 3.05) is 31.4 Å². The highest BCUT2D eigenvalue weighted by molar-refractivity contribution is 14.1. The molecule has 2 aromatic rings. The first-order valence-corrected chi connectivity index (χ1v) is 7.10. The smallest absolute Gasteiger partial charge is 0.161 e. The predicted molar refractivity (Wildman–Crippen MR) is 88.8 cm³/mol. The second-order valence-corrected chi connectivity index (χ2v) is 5.57. The van der Waals surface area contributed by atoms with E-state index < -0.39 is 0 Å². The number of aryl methyl sites for hydroxylation is 1. The minimum atomic E-state index is 0.757. The first-order valence-electron chi connectivity index (χ1n) is 6.02. The number of benzene rings is 1. The molecule has 0 atom stereocenters. The minimum Gasteiger partial charge on any atom is -0.378 e. The molecule has 0 unspecified atom stereocenters. The second kappa shape index (κ2) is 5.73. The third-order valence-corrected chi connectivity index (χ3v) is 4.19. The topological polar surface area (TPSA) is 41.1 Å². The van der Waals surface area contributed by atoms with Gasteiger partial charge in [0.25, 0.3) is 0 Å². The van der Waals surface area contributed by atoms with Gasteiger partial charge >= 0.3 is 0 Å². The molecule has 1 N–H and O–H groups in total. The monoisotopic (exact) mass is 368 g/mol. The van der Waals surface area contributed by atoms with Gasteiger partial charge in [-0.05, 0) is 53.8 Å². The average Bonchev–Trinajstić information content (AvgIpc) is 2.41. The Balaban J connectivity index is 2.44. The molecule has 0 radical (unpaired) electrons. The lowest BCUT2D eigenvalue weighted by Crippen LogP contribution is -2.08. The SMILES string of the molecule is CNc1nc(-c2ccc(N(C)C)cc2)nc(C)c1I. The van der Waals surface area contributed by atoms with Crippen molar-refractivity contribution in [1.82, 2.24) is 9.97 Å². The lowest BCUT2D eigenvalue weighted by Gasteiger charge is -2.13. The zero-order valence-electron chi connectivity index (χ0n) is 11.5. The largest absolute Gasteiger partial charge is 0.378 e. The van der Waals surface area contributed by atoms with E-state index in [-0.39, 0.29) is 0 Å². The molecule has 2 rings (SSSR count). The number of nitrogens with zero attached hydrogens (tertiary/aromatic N) is 3. The zero-order chi connectivity index (χ0) is 14.0. The van der Waals surface area contributed by atoms with E-state index in [1.165, 1.54) is 5.69 Å². The Morgan fingerprint density at radius 2 is 1.74 bits per heavy atom. The van der Waals surface area contributed by atoms with Gasteiger partial charge in [-0.25, -0.2) is 9.97 Å². The Labute approximate surface area is 127 Å². The molecule has 1 heterocycles. The van der Waals surface area contributed by atoms with E-state index in [2.05, 4.69) is 67.0 Å². The quantitative estimate of drug-likeness (QED) is 0.846. The van der Waals surface area contributed by atoms with Crippen molar-refractivity contribution in [1.29, 1.82) is 0 Å². The summed E-state index contributed by atoms with van der Waals surface area (Å²) in [6.45, 7) is 2.00. The number of nitrogens with one attached hydrogen (secondary N) is 1. The Bertz CT molecular complexity index is 579. The van der Waals surface area contributed by atoms with Crippen LogP contribution in [0.1, 0.15) is 5.69 Å². The van der Waals surface area contributed by atoms with Crippen LogP contribution in [0.5, 0.6) is 0 Å².